The van der Waals surface area contributed by atoms with Crippen LogP contribution in [-0.4, -0.2) is 95.4 Å². The van der Waals surface area contributed by atoms with Crippen molar-refractivity contribution < 1.29 is 8.85 Å². The van der Waals surface area contributed by atoms with Crippen molar-refractivity contribution in [2.45, 2.75) is 87.2 Å². The molecule has 0 amide bonds. The normalized spacial score (nSPS) is 13.2. The molecule has 0 aromatic rings. The van der Waals surface area contributed by atoms with E-state index in [0.29, 0.717) is 0 Å². The number of nitrogens with zero attached hydrogens (tertiary/aromatic N) is 3. The Morgan fingerprint density at radius 2 is 0.839 bits per heavy atom. The SMILES string of the molecule is CCO[Si](C)(CC(CCN(CC)CC)(CCN(CC)CC)CCN(CC)CC)OCC. The van der Waals surface area contributed by atoms with E-state index in [2.05, 4.69) is 76.6 Å². The maximum atomic E-state index is 6.38. The minimum absolute atomic E-state index is 0.263. The van der Waals surface area contributed by atoms with Gasteiger partial charge in [-0.3, -0.25) is 0 Å². The Labute approximate surface area is 197 Å². The molecule has 5 nitrogen and oxygen atoms in total. The average molecular weight is 460 g/mol. The van der Waals surface area contributed by atoms with Crippen LogP contribution in [-0.2, 0) is 8.85 Å². The summed E-state index contributed by atoms with van der Waals surface area (Å²) in [5, 5.41) is 0. The largest absolute Gasteiger partial charge is 0.395 e. The van der Waals surface area contributed by atoms with Gasteiger partial charge < -0.3 is 23.6 Å². The first-order valence-corrected chi connectivity index (χ1v) is 15.8. The van der Waals surface area contributed by atoms with E-state index in [1.165, 1.54) is 38.9 Å². The molecule has 0 fully saturated rings. The summed E-state index contributed by atoms with van der Waals surface area (Å²) in [6.07, 6.45) is 3.71. The fourth-order valence-electron chi connectivity index (χ4n) is 4.88. The smallest absolute Gasteiger partial charge is 0.335 e. The molecule has 0 rings (SSSR count). The molecule has 0 N–H and O–H groups in total. The monoisotopic (exact) mass is 459 g/mol. The Bertz CT molecular complexity index is 367. The fourth-order valence-corrected chi connectivity index (χ4v) is 8.28. The van der Waals surface area contributed by atoms with Crippen LogP contribution >= 0.6 is 0 Å². The summed E-state index contributed by atoms with van der Waals surface area (Å²) in [5.41, 5.74) is 0.263. The predicted molar refractivity (Wildman–Crippen MR) is 139 cm³/mol. The summed E-state index contributed by atoms with van der Waals surface area (Å²) in [4.78, 5) is 7.76. The first kappa shape index (κ1) is 31.0. The molecule has 0 saturated carbocycles. The van der Waals surface area contributed by atoms with Crippen LogP contribution in [0.1, 0.15) is 74.7 Å². The lowest BCUT2D eigenvalue weighted by molar-refractivity contribution is 0.117. The van der Waals surface area contributed by atoms with E-state index in [1.807, 2.05) is 0 Å². The highest BCUT2D eigenvalue weighted by Gasteiger charge is 2.43. The maximum absolute atomic E-state index is 6.38. The van der Waals surface area contributed by atoms with Gasteiger partial charge in [-0.25, -0.2) is 0 Å². The lowest BCUT2D eigenvalue weighted by atomic mass is 9.79. The second kappa shape index (κ2) is 17.5. The lowest BCUT2D eigenvalue weighted by Gasteiger charge is -2.43. The Kier molecular flexibility index (Phi) is 17.5. The molecule has 188 valence electrons. The lowest BCUT2D eigenvalue weighted by Crippen LogP contribution is -2.47. The van der Waals surface area contributed by atoms with Gasteiger partial charge in [-0.2, -0.15) is 0 Å². The molecule has 0 atom stereocenters. The zero-order valence-electron chi connectivity index (χ0n) is 22.8. The molecule has 0 aromatic heterocycles. The third-order valence-electron chi connectivity index (χ3n) is 7.15. The van der Waals surface area contributed by atoms with Gasteiger partial charge in [-0.1, -0.05) is 41.5 Å². The van der Waals surface area contributed by atoms with Crippen LogP contribution in [0.2, 0.25) is 12.6 Å². The van der Waals surface area contributed by atoms with E-state index >= 15 is 0 Å². The van der Waals surface area contributed by atoms with Gasteiger partial charge in [0.1, 0.15) is 0 Å². The third kappa shape index (κ3) is 12.2. The van der Waals surface area contributed by atoms with Crippen LogP contribution < -0.4 is 0 Å². The Morgan fingerprint density at radius 3 is 1.06 bits per heavy atom. The van der Waals surface area contributed by atoms with Gasteiger partial charge in [0.2, 0.25) is 0 Å². The fraction of sp³-hybridized carbons (Fsp3) is 1.00. The highest BCUT2D eigenvalue weighted by Crippen LogP contribution is 2.41. The highest BCUT2D eigenvalue weighted by atomic mass is 28.4. The van der Waals surface area contributed by atoms with Crippen molar-refractivity contribution in [3.05, 3.63) is 0 Å². The van der Waals surface area contributed by atoms with E-state index in [0.717, 1.165) is 58.5 Å². The van der Waals surface area contributed by atoms with Gasteiger partial charge >= 0.3 is 8.56 Å². The van der Waals surface area contributed by atoms with Gasteiger partial charge in [0.05, 0.1) is 0 Å². The Balaban J connectivity index is 5.89. The molecule has 6 heteroatoms. The molecule has 0 aliphatic heterocycles. The minimum Gasteiger partial charge on any atom is -0.395 e. The molecule has 0 aromatic carbocycles. The number of hydrogen-bond donors (Lipinski definition) is 0. The molecule has 0 unspecified atom stereocenters. The number of hydrogen-bond acceptors (Lipinski definition) is 5. The summed E-state index contributed by atoms with van der Waals surface area (Å²) in [5.74, 6) is 0. The third-order valence-corrected chi connectivity index (χ3v) is 10.3. The van der Waals surface area contributed by atoms with Gasteiger partial charge in [-0.15, -0.1) is 0 Å². The standard InChI is InChI=1S/C25H57N3O2Si/c1-10-26(11-2)21-18-25(19-22-27(12-3)13-4,20-23-28(14-5)15-6)24-31(9,29-16-7)30-17-8/h10-24H2,1-9H3. The van der Waals surface area contributed by atoms with Crippen molar-refractivity contribution in [2.75, 3.05) is 72.1 Å². The van der Waals surface area contributed by atoms with Crippen LogP contribution in [0.15, 0.2) is 0 Å². The molecular formula is C25H57N3O2Si. The highest BCUT2D eigenvalue weighted by molar-refractivity contribution is 6.66. The Hall–Kier alpha value is 0.0169. The van der Waals surface area contributed by atoms with Crippen LogP contribution in [0, 0.1) is 5.41 Å². The number of rotatable bonds is 21. The first-order valence-electron chi connectivity index (χ1n) is 13.3. The van der Waals surface area contributed by atoms with Gasteiger partial charge in [0.25, 0.3) is 0 Å². The van der Waals surface area contributed by atoms with Gasteiger partial charge in [-0.05, 0) is 110 Å². The van der Waals surface area contributed by atoms with E-state index in [1.54, 1.807) is 0 Å². The van der Waals surface area contributed by atoms with Gasteiger partial charge in [0.15, 0.2) is 0 Å². The molecule has 0 aliphatic rings. The predicted octanol–water partition coefficient (Wildman–Crippen LogP) is 5.31. The molecule has 0 heterocycles. The van der Waals surface area contributed by atoms with Crippen molar-refractivity contribution in [1.29, 1.82) is 0 Å². The molecule has 31 heavy (non-hydrogen) atoms. The minimum atomic E-state index is -2.22. The second-order valence-electron chi connectivity index (χ2n) is 9.01. The zero-order chi connectivity index (χ0) is 23.8. The maximum Gasteiger partial charge on any atom is 0.335 e. The molecule has 0 bridgehead atoms. The van der Waals surface area contributed by atoms with Crippen LogP contribution in [0.5, 0.6) is 0 Å². The summed E-state index contributed by atoms with van der Waals surface area (Å²) < 4.78 is 12.8. The molecule has 0 saturated heterocycles. The van der Waals surface area contributed by atoms with Crippen molar-refractivity contribution >= 4 is 8.56 Å². The van der Waals surface area contributed by atoms with Gasteiger partial charge in [0, 0.05) is 13.2 Å². The van der Waals surface area contributed by atoms with Crippen molar-refractivity contribution in [3.63, 3.8) is 0 Å². The quantitative estimate of drug-likeness (QED) is 0.217. The van der Waals surface area contributed by atoms with E-state index in [4.69, 9.17) is 8.85 Å². The summed E-state index contributed by atoms with van der Waals surface area (Å²) in [7, 11) is -2.22. The Morgan fingerprint density at radius 1 is 0.548 bits per heavy atom. The zero-order valence-corrected chi connectivity index (χ0v) is 23.8. The second-order valence-corrected chi connectivity index (χ2v) is 12.2. The molecule has 0 aliphatic carbocycles. The van der Waals surface area contributed by atoms with Crippen LogP contribution in [0.3, 0.4) is 0 Å². The summed E-state index contributed by atoms with van der Waals surface area (Å²) in [6, 6.07) is 1.10. The van der Waals surface area contributed by atoms with Crippen LogP contribution in [0.4, 0.5) is 0 Å². The van der Waals surface area contributed by atoms with E-state index in [9.17, 15) is 0 Å². The van der Waals surface area contributed by atoms with Crippen molar-refractivity contribution in [3.8, 4) is 0 Å². The molecular weight excluding hydrogens is 402 g/mol. The van der Waals surface area contributed by atoms with E-state index < -0.39 is 8.56 Å². The summed E-state index contributed by atoms with van der Waals surface area (Å²) in [6.45, 7) is 32.1. The topological polar surface area (TPSA) is 28.2 Å². The molecule has 0 spiro atoms. The van der Waals surface area contributed by atoms with Crippen molar-refractivity contribution in [1.82, 2.24) is 14.7 Å². The summed E-state index contributed by atoms with van der Waals surface area (Å²) >= 11 is 0. The average Bonchev–Trinajstić information content (AvgIpc) is 2.76. The van der Waals surface area contributed by atoms with E-state index in [-0.39, 0.29) is 5.41 Å². The first-order chi connectivity index (χ1) is 14.8. The van der Waals surface area contributed by atoms with Crippen molar-refractivity contribution in [2.24, 2.45) is 5.41 Å². The molecule has 0 radical (unpaired) electrons. The van der Waals surface area contributed by atoms with Crippen LogP contribution in [0.25, 0.3) is 0 Å².